The first kappa shape index (κ1) is 11.8. The number of anilines is 1. The normalized spacial score (nSPS) is 11.1. The van der Waals surface area contributed by atoms with Crippen LogP contribution < -0.4 is 5.32 Å². The van der Waals surface area contributed by atoms with Gasteiger partial charge in [0, 0.05) is 19.0 Å². The molecule has 0 bridgehead atoms. The first-order valence-corrected chi connectivity index (χ1v) is 5.26. The van der Waals surface area contributed by atoms with E-state index in [1.54, 1.807) is 4.68 Å². The molecule has 4 nitrogen and oxygen atoms in total. The Morgan fingerprint density at radius 2 is 2.00 bits per heavy atom. The fourth-order valence-electron chi connectivity index (χ4n) is 1.16. The summed E-state index contributed by atoms with van der Waals surface area (Å²) in [6.07, 6.45) is 0. The zero-order valence-electron chi connectivity index (χ0n) is 10.0. The number of aromatic nitrogens is 2. The molecule has 1 aromatic heterocycles. The van der Waals surface area contributed by atoms with Crippen molar-refractivity contribution in [2.24, 2.45) is 13.0 Å². The lowest BCUT2D eigenvalue weighted by atomic mass is 10.1. The molecular weight excluding hydrogens is 190 g/mol. The van der Waals surface area contributed by atoms with Crippen LogP contribution in [0.15, 0.2) is 6.07 Å². The van der Waals surface area contributed by atoms with Crippen LogP contribution in [0.25, 0.3) is 0 Å². The third-order valence-corrected chi connectivity index (χ3v) is 2.27. The van der Waals surface area contributed by atoms with Gasteiger partial charge in [-0.3, -0.25) is 9.48 Å². The number of rotatable bonds is 3. The minimum absolute atomic E-state index is 0.0117. The molecule has 15 heavy (non-hydrogen) atoms. The van der Waals surface area contributed by atoms with E-state index in [0.29, 0.717) is 5.92 Å². The largest absolute Gasteiger partial charge is 0.311 e. The first-order chi connectivity index (χ1) is 6.91. The Morgan fingerprint density at radius 1 is 1.40 bits per heavy atom. The van der Waals surface area contributed by atoms with Gasteiger partial charge in [-0.1, -0.05) is 27.7 Å². The van der Waals surface area contributed by atoms with Crippen LogP contribution >= 0.6 is 0 Å². The monoisotopic (exact) mass is 209 g/mol. The van der Waals surface area contributed by atoms with Crippen molar-refractivity contribution in [3.63, 3.8) is 0 Å². The summed E-state index contributed by atoms with van der Waals surface area (Å²) in [7, 11) is 1.84. The Balaban J connectivity index is 2.82. The van der Waals surface area contributed by atoms with Gasteiger partial charge in [0.15, 0.2) is 0 Å². The van der Waals surface area contributed by atoms with Gasteiger partial charge in [0.05, 0.1) is 5.69 Å². The van der Waals surface area contributed by atoms with Crippen molar-refractivity contribution in [2.75, 3.05) is 5.32 Å². The van der Waals surface area contributed by atoms with E-state index < -0.39 is 0 Å². The van der Waals surface area contributed by atoms with Crippen molar-refractivity contribution >= 4 is 11.7 Å². The highest BCUT2D eigenvalue weighted by Crippen LogP contribution is 2.17. The van der Waals surface area contributed by atoms with Crippen LogP contribution in [0, 0.1) is 5.92 Å². The van der Waals surface area contributed by atoms with Crippen LogP contribution in [0.3, 0.4) is 0 Å². The molecule has 1 N–H and O–H groups in total. The van der Waals surface area contributed by atoms with Crippen molar-refractivity contribution in [3.8, 4) is 0 Å². The molecule has 1 amide bonds. The van der Waals surface area contributed by atoms with Crippen LogP contribution in [-0.4, -0.2) is 15.7 Å². The van der Waals surface area contributed by atoms with Gasteiger partial charge in [-0.05, 0) is 5.92 Å². The van der Waals surface area contributed by atoms with Crippen LogP contribution in [0.1, 0.15) is 39.3 Å². The van der Waals surface area contributed by atoms with Crippen LogP contribution in [0.4, 0.5) is 5.82 Å². The topological polar surface area (TPSA) is 46.9 Å². The van der Waals surface area contributed by atoms with E-state index in [-0.39, 0.29) is 11.8 Å². The lowest BCUT2D eigenvalue weighted by molar-refractivity contribution is -0.118. The summed E-state index contributed by atoms with van der Waals surface area (Å²) in [6.45, 7) is 7.90. The molecule has 0 aliphatic heterocycles. The molecule has 0 fully saturated rings. The predicted octanol–water partition coefficient (Wildman–Crippen LogP) is 2.14. The second-order valence-corrected chi connectivity index (χ2v) is 4.38. The average molecular weight is 209 g/mol. The number of hydrogen-bond acceptors (Lipinski definition) is 2. The summed E-state index contributed by atoms with van der Waals surface area (Å²) in [5, 5.41) is 7.17. The lowest BCUT2D eigenvalue weighted by Gasteiger charge is -2.06. The van der Waals surface area contributed by atoms with E-state index in [9.17, 15) is 4.79 Å². The van der Waals surface area contributed by atoms with Gasteiger partial charge in [0.2, 0.25) is 5.91 Å². The highest BCUT2D eigenvalue weighted by molar-refractivity contribution is 5.91. The molecule has 1 heterocycles. The van der Waals surface area contributed by atoms with Gasteiger partial charge in [0.1, 0.15) is 5.82 Å². The summed E-state index contributed by atoms with van der Waals surface area (Å²) in [5.41, 5.74) is 0.997. The molecule has 84 valence electrons. The van der Waals surface area contributed by atoms with Crippen molar-refractivity contribution in [3.05, 3.63) is 11.8 Å². The lowest BCUT2D eigenvalue weighted by Crippen LogP contribution is -2.19. The second kappa shape index (κ2) is 4.47. The van der Waals surface area contributed by atoms with Crippen molar-refractivity contribution in [1.29, 1.82) is 0 Å². The standard InChI is InChI=1S/C11H19N3O/c1-7(2)9-6-10(14(5)13-9)12-11(15)8(3)4/h6-8H,1-5H3,(H,12,15). The molecule has 0 spiro atoms. The molecule has 0 atom stereocenters. The highest BCUT2D eigenvalue weighted by Gasteiger charge is 2.12. The second-order valence-electron chi connectivity index (χ2n) is 4.38. The summed E-state index contributed by atoms with van der Waals surface area (Å²) >= 11 is 0. The van der Waals surface area contributed by atoms with E-state index in [1.165, 1.54) is 0 Å². The molecule has 4 heteroatoms. The summed E-state index contributed by atoms with van der Waals surface area (Å²) < 4.78 is 1.70. The summed E-state index contributed by atoms with van der Waals surface area (Å²) in [5.74, 6) is 1.15. The van der Waals surface area contributed by atoms with Crippen molar-refractivity contribution in [2.45, 2.75) is 33.6 Å². The fraction of sp³-hybridized carbons (Fsp3) is 0.636. The minimum atomic E-state index is -0.0117. The number of carbonyl (C=O) groups is 1. The molecule has 1 rings (SSSR count). The Bertz CT molecular complexity index is 353. The molecular formula is C11H19N3O. The number of nitrogens with one attached hydrogen (secondary N) is 1. The van der Waals surface area contributed by atoms with E-state index in [1.807, 2.05) is 27.0 Å². The van der Waals surface area contributed by atoms with Crippen LogP contribution in [0.2, 0.25) is 0 Å². The van der Waals surface area contributed by atoms with Gasteiger partial charge in [-0.25, -0.2) is 0 Å². The van der Waals surface area contributed by atoms with Crippen LogP contribution in [-0.2, 0) is 11.8 Å². The maximum atomic E-state index is 11.5. The average Bonchev–Trinajstić information content (AvgIpc) is 2.47. The Morgan fingerprint density at radius 3 is 2.40 bits per heavy atom. The number of nitrogens with zero attached hydrogens (tertiary/aromatic N) is 2. The van der Waals surface area contributed by atoms with E-state index in [4.69, 9.17) is 0 Å². The quantitative estimate of drug-likeness (QED) is 0.829. The summed E-state index contributed by atoms with van der Waals surface area (Å²) in [6, 6.07) is 1.92. The van der Waals surface area contributed by atoms with E-state index in [2.05, 4.69) is 24.3 Å². The number of hydrogen-bond donors (Lipinski definition) is 1. The zero-order valence-corrected chi connectivity index (χ0v) is 10.0. The molecule has 0 saturated heterocycles. The van der Waals surface area contributed by atoms with E-state index in [0.717, 1.165) is 11.5 Å². The SMILES string of the molecule is CC(C)C(=O)Nc1cc(C(C)C)nn1C. The van der Waals surface area contributed by atoms with Crippen LogP contribution in [0.5, 0.6) is 0 Å². The fourth-order valence-corrected chi connectivity index (χ4v) is 1.16. The van der Waals surface area contributed by atoms with Crippen molar-refractivity contribution < 1.29 is 4.79 Å². The molecule has 0 radical (unpaired) electrons. The third-order valence-electron chi connectivity index (χ3n) is 2.27. The zero-order chi connectivity index (χ0) is 11.6. The van der Waals surface area contributed by atoms with Gasteiger partial charge in [-0.15, -0.1) is 0 Å². The van der Waals surface area contributed by atoms with Gasteiger partial charge < -0.3 is 5.32 Å². The number of carbonyl (C=O) groups excluding carboxylic acids is 1. The Labute approximate surface area is 90.7 Å². The Kier molecular flexibility index (Phi) is 3.50. The van der Waals surface area contributed by atoms with Crippen molar-refractivity contribution in [1.82, 2.24) is 9.78 Å². The molecule has 0 saturated carbocycles. The number of aryl methyl sites for hydroxylation is 1. The Hall–Kier alpha value is -1.32. The highest BCUT2D eigenvalue weighted by atomic mass is 16.1. The maximum Gasteiger partial charge on any atom is 0.228 e. The predicted molar refractivity (Wildman–Crippen MR) is 60.8 cm³/mol. The first-order valence-electron chi connectivity index (χ1n) is 5.26. The van der Waals surface area contributed by atoms with Gasteiger partial charge in [0.25, 0.3) is 0 Å². The minimum Gasteiger partial charge on any atom is -0.311 e. The van der Waals surface area contributed by atoms with Gasteiger partial charge in [-0.2, -0.15) is 5.10 Å². The molecule has 0 aliphatic rings. The van der Waals surface area contributed by atoms with Gasteiger partial charge >= 0.3 is 0 Å². The smallest absolute Gasteiger partial charge is 0.228 e. The summed E-state index contributed by atoms with van der Waals surface area (Å²) in [4.78, 5) is 11.5. The third kappa shape index (κ3) is 2.81. The molecule has 0 aromatic carbocycles. The number of amides is 1. The molecule has 1 aromatic rings. The van der Waals surface area contributed by atoms with E-state index >= 15 is 0 Å². The molecule has 0 unspecified atom stereocenters. The molecule has 0 aliphatic carbocycles. The maximum absolute atomic E-state index is 11.5.